The average Bonchev–Trinajstić information content (AvgIpc) is 2.50. The van der Waals surface area contributed by atoms with Gasteiger partial charge < -0.3 is 20.5 Å². The van der Waals surface area contributed by atoms with Gasteiger partial charge in [0.15, 0.2) is 0 Å². The number of rotatable bonds is 10. The van der Waals surface area contributed by atoms with Crippen molar-refractivity contribution in [3.05, 3.63) is 28.8 Å². The molecule has 0 saturated heterocycles. The molecule has 3 N–H and O–H groups in total. The molecule has 1 atom stereocenters. The summed E-state index contributed by atoms with van der Waals surface area (Å²) in [5.74, 6) is -1.43. The quantitative estimate of drug-likeness (QED) is 0.561. The number of carboxylic acids is 1. The van der Waals surface area contributed by atoms with Crippen molar-refractivity contribution in [2.24, 2.45) is 0 Å². The Balaban J connectivity index is 2.48. The van der Waals surface area contributed by atoms with Crippen molar-refractivity contribution in [2.45, 2.75) is 45.8 Å². The van der Waals surface area contributed by atoms with E-state index in [1.165, 1.54) is 0 Å². The van der Waals surface area contributed by atoms with Gasteiger partial charge in [-0.3, -0.25) is 9.59 Å². The SMILES string of the molecule is Cc1c(Cl)cccc1NC(=O)CC(NCCCOC(C)C)C(=O)O. The minimum absolute atomic E-state index is 0.145. The normalized spacial score (nSPS) is 12.2. The van der Waals surface area contributed by atoms with Gasteiger partial charge in [0.2, 0.25) is 5.91 Å². The molecule has 134 valence electrons. The standard InChI is InChI=1S/C17H25ClN2O4/c1-11(2)24-9-5-8-19-15(17(22)23)10-16(21)20-14-7-4-6-13(18)12(14)3/h4,6-7,11,15,19H,5,8-10H2,1-3H3,(H,20,21)(H,22,23). The van der Waals surface area contributed by atoms with E-state index in [0.29, 0.717) is 30.3 Å². The van der Waals surface area contributed by atoms with Crippen LogP contribution in [-0.4, -0.2) is 42.3 Å². The smallest absolute Gasteiger partial charge is 0.321 e. The molecule has 0 bridgehead atoms. The summed E-state index contributed by atoms with van der Waals surface area (Å²) in [5.41, 5.74) is 1.33. The van der Waals surface area contributed by atoms with Gasteiger partial charge in [-0.1, -0.05) is 17.7 Å². The highest BCUT2D eigenvalue weighted by Gasteiger charge is 2.21. The van der Waals surface area contributed by atoms with Crippen molar-refractivity contribution in [3.8, 4) is 0 Å². The number of carbonyl (C=O) groups excluding carboxylic acids is 1. The summed E-state index contributed by atoms with van der Waals surface area (Å²) >= 11 is 6.00. The Labute approximate surface area is 147 Å². The summed E-state index contributed by atoms with van der Waals surface area (Å²) in [6.45, 7) is 6.68. The molecular formula is C17H25ClN2O4. The van der Waals surface area contributed by atoms with E-state index in [4.69, 9.17) is 16.3 Å². The predicted octanol–water partition coefficient (Wildman–Crippen LogP) is 2.83. The van der Waals surface area contributed by atoms with Gasteiger partial charge in [0.1, 0.15) is 6.04 Å². The van der Waals surface area contributed by atoms with Gasteiger partial charge in [-0.25, -0.2) is 0 Å². The lowest BCUT2D eigenvalue weighted by Gasteiger charge is -2.15. The molecule has 6 nitrogen and oxygen atoms in total. The van der Waals surface area contributed by atoms with Gasteiger partial charge in [-0.05, 0) is 51.4 Å². The molecule has 7 heteroatoms. The van der Waals surface area contributed by atoms with Crippen molar-refractivity contribution >= 4 is 29.2 Å². The highest BCUT2D eigenvalue weighted by Crippen LogP contribution is 2.23. The second-order valence-corrected chi connectivity index (χ2v) is 6.19. The average molecular weight is 357 g/mol. The van der Waals surface area contributed by atoms with E-state index in [0.717, 1.165) is 5.56 Å². The maximum Gasteiger partial charge on any atom is 0.321 e. The maximum atomic E-state index is 12.1. The summed E-state index contributed by atoms with van der Waals surface area (Å²) < 4.78 is 5.39. The minimum Gasteiger partial charge on any atom is -0.480 e. The number of anilines is 1. The molecule has 24 heavy (non-hydrogen) atoms. The van der Waals surface area contributed by atoms with Crippen LogP contribution in [0.2, 0.25) is 5.02 Å². The Kier molecular flexibility index (Phi) is 8.74. The fourth-order valence-electron chi connectivity index (χ4n) is 2.04. The molecule has 0 heterocycles. The summed E-state index contributed by atoms with van der Waals surface area (Å²) in [4.78, 5) is 23.4. The molecule has 0 aliphatic carbocycles. The van der Waals surface area contributed by atoms with E-state index < -0.39 is 12.0 Å². The molecule has 0 saturated carbocycles. The molecule has 1 rings (SSSR count). The predicted molar refractivity (Wildman–Crippen MR) is 94.6 cm³/mol. The van der Waals surface area contributed by atoms with E-state index in [9.17, 15) is 14.7 Å². The van der Waals surface area contributed by atoms with Crippen molar-refractivity contribution < 1.29 is 19.4 Å². The third-order valence-electron chi connectivity index (χ3n) is 3.39. The van der Waals surface area contributed by atoms with Gasteiger partial charge in [0.05, 0.1) is 12.5 Å². The second-order valence-electron chi connectivity index (χ2n) is 5.78. The molecule has 0 spiro atoms. The zero-order valence-electron chi connectivity index (χ0n) is 14.3. The Morgan fingerprint density at radius 2 is 2.04 bits per heavy atom. The van der Waals surface area contributed by atoms with Crippen LogP contribution in [0.25, 0.3) is 0 Å². The number of hydrogen-bond acceptors (Lipinski definition) is 4. The van der Waals surface area contributed by atoms with Gasteiger partial charge in [0.25, 0.3) is 0 Å². The van der Waals surface area contributed by atoms with Gasteiger partial charge in [0, 0.05) is 17.3 Å². The zero-order valence-corrected chi connectivity index (χ0v) is 15.0. The number of aliphatic carboxylic acids is 1. The van der Waals surface area contributed by atoms with Gasteiger partial charge >= 0.3 is 5.97 Å². The fourth-order valence-corrected chi connectivity index (χ4v) is 2.22. The van der Waals surface area contributed by atoms with Crippen molar-refractivity contribution in [2.75, 3.05) is 18.5 Å². The largest absolute Gasteiger partial charge is 0.480 e. The molecule has 0 aliphatic heterocycles. The third kappa shape index (κ3) is 7.29. The number of nitrogens with one attached hydrogen (secondary N) is 2. The number of hydrogen-bond donors (Lipinski definition) is 3. The van der Waals surface area contributed by atoms with Crippen LogP contribution in [0, 0.1) is 6.92 Å². The van der Waals surface area contributed by atoms with Crippen molar-refractivity contribution in [1.29, 1.82) is 0 Å². The summed E-state index contributed by atoms with van der Waals surface area (Å²) in [5, 5.41) is 15.4. The van der Waals surface area contributed by atoms with Gasteiger partial charge in [-0.2, -0.15) is 0 Å². The van der Waals surface area contributed by atoms with Crippen LogP contribution in [0.4, 0.5) is 5.69 Å². The first-order valence-corrected chi connectivity index (χ1v) is 8.31. The summed E-state index contributed by atoms with van der Waals surface area (Å²) in [6.07, 6.45) is 0.663. The Morgan fingerprint density at radius 1 is 1.33 bits per heavy atom. The van der Waals surface area contributed by atoms with E-state index in [1.807, 2.05) is 13.8 Å². The van der Waals surface area contributed by atoms with Crippen LogP contribution < -0.4 is 10.6 Å². The lowest BCUT2D eigenvalue weighted by molar-refractivity contribution is -0.141. The summed E-state index contributed by atoms with van der Waals surface area (Å²) in [7, 11) is 0. The van der Waals surface area contributed by atoms with Crippen LogP contribution in [0.1, 0.15) is 32.3 Å². The van der Waals surface area contributed by atoms with Crippen LogP contribution in [-0.2, 0) is 14.3 Å². The fraction of sp³-hybridized carbons (Fsp3) is 0.529. The van der Waals surface area contributed by atoms with E-state index in [-0.39, 0.29) is 18.4 Å². The number of carbonyl (C=O) groups is 2. The van der Waals surface area contributed by atoms with Crippen LogP contribution in [0.15, 0.2) is 18.2 Å². The topological polar surface area (TPSA) is 87.7 Å². The molecule has 1 unspecified atom stereocenters. The molecule has 0 aromatic heterocycles. The second kappa shape index (κ2) is 10.3. The Bertz CT molecular complexity index is 564. The lowest BCUT2D eigenvalue weighted by atomic mass is 10.1. The van der Waals surface area contributed by atoms with Crippen molar-refractivity contribution in [1.82, 2.24) is 5.32 Å². The first-order valence-electron chi connectivity index (χ1n) is 7.94. The number of carboxylic acid groups (broad SMARTS) is 1. The molecule has 0 aliphatic rings. The van der Waals surface area contributed by atoms with Crippen molar-refractivity contribution in [3.63, 3.8) is 0 Å². The number of amides is 1. The first kappa shape index (κ1) is 20.4. The van der Waals surface area contributed by atoms with Crippen LogP contribution >= 0.6 is 11.6 Å². The highest BCUT2D eigenvalue weighted by molar-refractivity contribution is 6.31. The molecule has 0 fully saturated rings. The first-order chi connectivity index (χ1) is 11.3. The van der Waals surface area contributed by atoms with Crippen LogP contribution in [0.5, 0.6) is 0 Å². The molecule has 0 radical (unpaired) electrons. The Morgan fingerprint density at radius 3 is 2.67 bits per heavy atom. The zero-order chi connectivity index (χ0) is 18.1. The van der Waals surface area contributed by atoms with Crippen LogP contribution in [0.3, 0.4) is 0 Å². The monoisotopic (exact) mass is 356 g/mol. The minimum atomic E-state index is -1.06. The highest BCUT2D eigenvalue weighted by atomic mass is 35.5. The van der Waals surface area contributed by atoms with E-state index in [1.54, 1.807) is 25.1 Å². The lowest BCUT2D eigenvalue weighted by Crippen LogP contribution is -2.40. The number of benzene rings is 1. The number of halogens is 1. The van der Waals surface area contributed by atoms with Gasteiger partial charge in [-0.15, -0.1) is 0 Å². The number of ether oxygens (including phenoxy) is 1. The molecular weight excluding hydrogens is 332 g/mol. The third-order valence-corrected chi connectivity index (χ3v) is 3.80. The maximum absolute atomic E-state index is 12.1. The van der Waals surface area contributed by atoms with E-state index >= 15 is 0 Å². The molecule has 1 amide bonds. The molecule has 1 aromatic rings. The molecule has 1 aromatic carbocycles. The summed E-state index contributed by atoms with van der Waals surface area (Å²) in [6, 6.07) is 4.24. The van der Waals surface area contributed by atoms with E-state index in [2.05, 4.69) is 10.6 Å². The Hall–Kier alpha value is -1.63.